The summed E-state index contributed by atoms with van der Waals surface area (Å²) in [4.78, 5) is 8.98. The molecule has 2 aliphatic heterocycles. The Morgan fingerprint density at radius 3 is 1.77 bits per heavy atom. The van der Waals surface area contributed by atoms with Gasteiger partial charge in [0.05, 0.1) is 26.4 Å². The number of halogens is 2. The van der Waals surface area contributed by atoms with Crippen molar-refractivity contribution in [3.05, 3.63) is 0 Å². The highest BCUT2D eigenvalue weighted by molar-refractivity contribution is 6.93. The zero-order chi connectivity index (χ0) is 9.68. The Hall–Kier alpha value is 0.130. The van der Waals surface area contributed by atoms with Gasteiger partial charge in [-0.2, -0.15) is 0 Å². The summed E-state index contributed by atoms with van der Waals surface area (Å²) in [6.45, 7) is 3.26. The molecule has 2 rings (SSSR count). The largest absolute Gasteiger partial charge is 0.376 e. The molecule has 0 N–H and O–H groups in total. The molecular weight excluding hydrogens is 219 g/mol. The Kier molecular flexibility index (Phi) is 4.98. The molecule has 2 aliphatic rings. The zero-order valence-corrected chi connectivity index (χ0v) is 8.38. The van der Waals surface area contributed by atoms with Crippen LogP contribution in [0.4, 0.5) is 4.79 Å². The third-order valence-electron chi connectivity index (χ3n) is 1.41. The summed E-state index contributed by atoms with van der Waals surface area (Å²) in [6.07, 6.45) is 0.785. The minimum atomic E-state index is -0.889. The number of carbonyl (C=O) groups is 1. The molecule has 6 heteroatoms. The van der Waals surface area contributed by atoms with Crippen molar-refractivity contribution in [1.82, 2.24) is 0 Å². The quantitative estimate of drug-likeness (QED) is 0.539. The molecule has 2 atom stereocenters. The van der Waals surface area contributed by atoms with Crippen molar-refractivity contribution in [2.24, 2.45) is 0 Å². The van der Waals surface area contributed by atoms with Crippen LogP contribution in [0.1, 0.15) is 0 Å². The third-order valence-corrected chi connectivity index (χ3v) is 1.41. The van der Waals surface area contributed by atoms with E-state index in [1.165, 1.54) is 0 Å². The fourth-order valence-corrected chi connectivity index (χ4v) is 0.659. The van der Waals surface area contributed by atoms with Gasteiger partial charge in [0.15, 0.2) is 0 Å². The van der Waals surface area contributed by atoms with Crippen molar-refractivity contribution in [3.63, 3.8) is 0 Å². The number of epoxide rings is 2. The van der Waals surface area contributed by atoms with Crippen LogP contribution in [-0.2, 0) is 14.2 Å². The molecule has 0 spiro atoms. The van der Waals surface area contributed by atoms with Gasteiger partial charge >= 0.3 is 4.70 Å². The first-order valence-corrected chi connectivity index (χ1v) is 4.60. The van der Waals surface area contributed by atoms with Crippen LogP contribution in [0.15, 0.2) is 0 Å². The summed E-state index contributed by atoms with van der Waals surface area (Å²) >= 11 is 8.80. The summed E-state index contributed by atoms with van der Waals surface area (Å²) in [6, 6.07) is 0. The van der Waals surface area contributed by atoms with Gasteiger partial charge in [0, 0.05) is 0 Å². The van der Waals surface area contributed by atoms with Gasteiger partial charge in [0.2, 0.25) is 0 Å². The number of rotatable bonds is 4. The zero-order valence-electron chi connectivity index (χ0n) is 6.87. The normalized spacial score (nSPS) is 28.8. The van der Waals surface area contributed by atoms with E-state index in [9.17, 15) is 0 Å². The van der Waals surface area contributed by atoms with Crippen molar-refractivity contribution in [2.45, 2.75) is 12.2 Å². The molecule has 13 heavy (non-hydrogen) atoms. The Bertz CT molecular complexity index is 152. The molecule has 76 valence electrons. The lowest BCUT2D eigenvalue weighted by Crippen LogP contribution is -2.06. The highest BCUT2D eigenvalue weighted by Gasteiger charge is 2.26. The standard InChI is InChI=1S/C6H10O3.CCl2O/c1(5-3-8-5)7-2-6-4-9-6;2-1(3)4/h5-6H,1-4H2;. The summed E-state index contributed by atoms with van der Waals surface area (Å²) in [5.74, 6) is 0. The van der Waals surface area contributed by atoms with E-state index >= 15 is 0 Å². The average molecular weight is 229 g/mol. The molecule has 0 amide bonds. The Morgan fingerprint density at radius 2 is 1.54 bits per heavy atom. The monoisotopic (exact) mass is 228 g/mol. The fourth-order valence-electron chi connectivity index (χ4n) is 0.659. The van der Waals surface area contributed by atoms with Gasteiger partial charge in [-0.15, -0.1) is 0 Å². The van der Waals surface area contributed by atoms with Crippen LogP contribution in [0.5, 0.6) is 0 Å². The molecule has 4 nitrogen and oxygen atoms in total. The summed E-state index contributed by atoms with van der Waals surface area (Å²) < 4.78 is 14.2. The molecule has 0 aromatic heterocycles. The first-order chi connectivity index (χ1) is 6.18. The first kappa shape index (κ1) is 11.2. The second-order valence-corrected chi connectivity index (χ2v) is 3.55. The van der Waals surface area contributed by atoms with Crippen molar-refractivity contribution in [1.29, 1.82) is 0 Å². The van der Waals surface area contributed by atoms with Crippen LogP contribution < -0.4 is 0 Å². The molecule has 0 radical (unpaired) electrons. The molecule has 2 saturated heterocycles. The maximum atomic E-state index is 8.98. The Labute approximate surface area is 86.0 Å². The molecule has 0 bridgehead atoms. The topological polar surface area (TPSA) is 51.4 Å². The molecule has 2 unspecified atom stereocenters. The summed E-state index contributed by atoms with van der Waals surface area (Å²) in [5, 5.41) is 0. The van der Waals surface area contributed by atoms with Crippen LogP contribution >= 0.6 is 23.2 Å². The van der Waals surface area contributed by atoms with E-state index in [0.29, 0.717) is 12.2 Å². The van der Waals surface area contributed by atoms with Crippen LogP contribution in [-0.4, -0.2) is 43.3 Å². The number of carbonyl (C=O) groups excluding carboxylic acids is 1. The van der Waals surface area contributed by atoms with E-state index in [4.69, 9.17) is 19.0 Å². The smallest absolute Gasteiger partial charge is 0.313 e. The van der Waals surface area contributed by atoms with Crippen molar-refractivity contribution < 1.29 is 19.0 Å². The molecule has 0 aromatic carbocycles. The van der Waals surface area contributed by atoms with Gasteiger partial charge in [0.1, 0.15) is 12.2 Å². The summed E-state index contributed by atoms with van der Waals surface area (Å²) in [7, 11) is 0. The van der Waals surface area contributed by atoms with Crippen molar-refractivity contribution in [2.75, 3.05) is 26.4 Å². The van der Waals surface area contributed by atoms with Crippen LogP contribution in [0.25, 0.3) is 0 Å². The molecular formula is C7H10Cl2O4. The first-order valence-electron chi connectivity index (χ1n) is 3.84. The van der Waals surface area contributed by atoms with E-state index < -0.39 is 4.70 Å². The molecule has 2 heterocycles. The molecule has 0 saturated carbocycles. The van der Waals surface area contributed by atoms with E-state index in [-0.39, 0.29) is 0 Å². The predicted octanol–water partition coefficient (Wildman–Crippen LogP) is 1.38. The molecule has 2 fully saturated rings. The van der Waals surface area contributed by atoms with E-state index in [0.717, 1.165) is 26.4 Å². The van der Waals surface area contributed by atoms with Gasteiger partial charge in [-0.25, -0.2) is 0 Å². The second-order valence-electron chi connectivity index (χ2n) is 2.67. The molecule has 0 aliphatic carbocycles. The van der Waals surface area contributed by atoms with Crippen LogP contribution in [0.2, 0.25) is 0 Å². The minimum absolute atomic E-state index is 0.392. The second kappa shape index (κ2) is 5.78. The average Bonchev–Trinajstić information content (AvgIpc) is 2.78. The lowest BCUT2D eigenvalue weighted by atomic mass is 10.5. The summed E-state index contributed by atoms with van der Waals surface area (Å²) in [5.41, 5.74) is 0. The SMILES string of the molecule is C(OCC1CO1)C1CO1.O=C(Cl)Cl. The number of hydrogen-bond acceptors (Lipinski definition) is 4. The van der Waals surface area contributed by atoms with Crippen molar-refractivity contribution in [3.8, 4) is 0 Å². The Balaban J connectivity index is 0.000000184. The molecule has 0 aromatic rings. The van der Waals surface area contributed by atoms with Gasteiger partial charge in [-0.1, -0.05) is 0 Å². The van der Waals surface area contributed by atoms with E-state index in [1.807, 2.05) is 0 Å². The lowest BCUT2D eigenvalue weighted by molar-refractivity contribution is 0.102. The van der Waals surface area contributed by atoms with Crippen molar-refractivity contribution >= 4 is 27.9 Å². The van der Waals surface area contributed by atoms with Gasteiger partial charge in [-0.05, 0) is 23.2 Å². The van der Waals surface area contributed by atoms with E-state index in [1.54, 1.807) is 0 Å². The maximum Gasteiger partial charge on any atom is 0.313 e. The Morgan fingerprint density at radius 1 is 1.23 bits per heavy atom. The lowest BCUT2D eigenvalue weighted by Gasteiger charge is -1.95. The van der Waals surface area contributed by atoms with Crippen LogP contribution in [0.3, 0.4) is 0 Å². The van der Waals surface area contributed by atoms with Gasteiger partial charge < -0.3 is 14.2 Å². The van der Waals surface area contributed by atoms with E-state index in [2.05, 4.69) is 23.2 Å². The highest BCUT2D eigenvalue weighted by atomic mass is 35.5. The number of hydrogen-bond donors (Lipinski definition) is 0. The van der Waals surface area contributed by atoms with Gasteiger partial charge in [-0.3, -0.25) is 4.79 Å². The van der Waals surface area contributed by atoms with Gasteiger partial charge in [0.25, 0.3) is 0 Å². The minimum Gasteiger partial charge on any atom is -0.376 e. The number of ether oxygens (including phenoxy) is 3. The fraction of sp³-hybridized carbons (Fsp3) is 0.857. The highest BCUT2D eigenvalue weighted by Crippen LogP contribution is 2.12. The van der Waals surface area contributed by atoms with Crippen LogP contribution in [0, 0.1) is 0 Å². The maximum absolute atomic E-state index is 8.98. The predicted molar refractivity (Wildman–Crippen MR) is 47.4 cm³/mol. The third kappa shape index (κ3) is 8.46.